The minimum atomic E-state index is -0.772. The molecule has 1 aromatic heterocycles. The molecule has 2 rings (SSSR count). The predicted octanol–water partition coefficient (Wildman–Crippen LogP) is 2.90. The molecular weight excluding hydrogens is 338 g/mol. The van der Waals surface area contributed by atoms with Crippen molar-refractivity contribution in [2.45, 2.75) is 0 Å². The van der Waals surface area contributed by atoms with E-state index in [1.807, 2.05) is 0 Å². The van der Waals surface area contributed by atoms with E-state index in [1.165, 1.54) is 12.4 Å². The number of rotatable bonds is 3. The van der Waals surface area contributed by atoms with Crippen LogP contribution in [0.25, 0.3) is 0 Å². The highest BCUT2D eigenvalue weighted by atomic mass is 79.9. The van der Waals surface area contributed by atoms with Crippen LogP contribution in [-0.4, -0.2) is 15.0 Å². The van der Waals surface area contributed by atoms with Crippen molar-refractivity contribution >= 4 is 44.6 Å². The zero-order chi connectivity index (χ0) is 14.0. The van der Waals surface area contributed by atoms with Gasteiger partial charge in [-0.2, -0.15) is 0 Å². The number of benzene rings is 1. The second-order valence-electron chi connectivity index (χ2n) is 3.49. The lowest BCUT2D eigenvalue weighted by Crippen LogP contribution is -2.15. The van der Waals surface area contributed by atoms with E-state index in [0.29, 0.717) is 0 Å². The molecule has 98 valence electrons. The molecule has 2 aromatic rings. The Morgan fingerprint density at radius 3 is 2.58 bits per heavy atom. The molecule has 0 aliphatic carbocycles. The summed E-state index contributed by atoms with van der Waals surface area (Å²) in [4.78, 5) is 7.95. The van der Waals surface area contributed by atoms with Crippen LogP contribution in [0.3, 0.4) is 0 Å². The smallest absolute Gasteiger partial charge is 0.159 e. The van der Waals surface area contributed by atoms with E-state index < -0.39 is 11.6 Å². The SMILES string of the molecule is NC(=S)c1nccnc1Nc1c(F)cc(F)cc1Br. The molecule has 0 amide bonds. The van der Waals surface area contributed by atoms with Crippen molar-refractivity contribution in [1.29, 1.82) is 0 Å². The van der Waals surface area contributed by atoms with Crippen LogP contribution < -0.4 is 11.1 Å². The molecule has 0 spiro atoms. The standard InChI is InChI=1S/C11H7BrF2N4S/c12-6-3-5(13)4-7(14)8(6)18-11-9(10(15)19)16-1-2-17-11/h1-4H,(H2,15,19)(H,17,18). The van der Waals surface area contributed by atoms with Crippen molar-refractivity contribution in [3.8, 4) is 0 Å². The van der Waals surface area contributed by atoms with Gasteiger partial charge < -0.3 is 11.1 Å². The topological polar surface area (TPSA) is 63.8 Å². The first-order chi connectivity index (χ1) is 8.99. The maximum atomic E-state index is 13.7. The van der Waals surface area contributed by atoms with Crippen molar-refractivity contribution in [3.05, 3.63) is 46.3 Å². The Morgan fingerprint density at radius 2 is 1.95 bits per heavy atom. The van der Waals surface area contributed by atoms with Crippen LogP contribution in [-0.2, 0) is 0 Å². The number of nitrogens with one attached hydrogen (secondary N) is 1. The van der Waals surface area contributed by atoms with E-state index in [0.717, 1.165) is 12.1 Å². The van der Waals surface area contributed by atoms with E-state index in [-0.39, 0.29) is 26.7 Å². The third-order valence-corrected chi connectivity index (χ3v) is 3.00. The van der Waals surface area contributed by atoms with Gasteiger partial charge in [-0.05, 0) is 22.0 Å². The number of aromatic nitrogens is 2. The van der Waals surface area contributed by atoms with Gasteiger partial charge in [-0.1, -0.05) is 12.2 Å². The molecule has 1 heterocycles. The first kappa shape index (κ1) is 13.8. The Morgan fingerprint density at radius 1 is 1.26 bits per heavy atom. The summed E-state index contributed by atoms with van der Waals surface area (Å²) in [5.74, 6) is -1.27. The highest BCUT2D eigenvalue weighted by Crippen LogP contribution is 2.29. The highest BCUT2D eigenvalue weighted by molar-refractivity contribution is 9.10. The third-order valence-electron chi connectivity index (χ3n) is 2.18. The lowest BCUT2D eigenvalue weighted by Gasteiger charge is -2.11. The molecule has 0 radical (unpaired) electrons. The van der Waals surface area contributed by atoms with Gasteiger partial charge in [-0.3, -0.25) is 0 Å². The largest absolute Gasteiger partial charge is 0.388 e. The molecule has 4 nitrogen and oxygen atoms in total. The number of thiocarbonyl (C=S) groups is 1. The van der Waals surface area contributed by atoms with Gasteiger partial charge in [-0.25, -0.2) is 18.7 Å². The summed E-state index contributed by atoms with van der Waals surface area (Å²) >= 11 is 7.88. The lowest BCUT2D eigenvalue weighted by atomic mass is 10.3. The van der Waals surface area contributed by atoms with E-state index in [2.05, 4.69) is 31.2 Å². The first-order valence-corrected chi connectivity index (χ1v) is 6.21. The quantitative estimate of drug-likeness (QED) is 0.838. The van der Waals surface area contributed by atoms with Gasteiger partial charge >= 0.3 is 0 Å². The monoisotopic (exact) mass is 344 g/mol. The van der Waals surface area contributed by atoms with Gasteiger partial charge in [0.25, 0.3) is 0 Å². The fourth-order valence-corrected chi connectivity index (χ4v) is 2.05. The lowest BCUT2D eigenvalue weighted by molar-refractivity contribution is 0.584. The molecule has 0 saturated carbocycles. The van der Waals surface area contributed by atoms with Gasteiger partial charge in [0, 0.05) is 22.9 Å². The van der Waals surface area contributed by atoms with Crippen molar-refractivity contribution in [3.63, 3.8) is 0 Å². The number of nitrogens with two attached hydrogens (primary N) is 1. The highest BCUT2D eigenvalue weighted by Gasteiger charge is 2.14. The van der Waals surface area contributed by atoms with Gasteiger partial charge in [-0.15, -0.1) is 0 Å². The van der Waals surface area contributed by atoms with E-state index in [1.54, 1.807) is 0 Å². The second kappa shape index (κ2) is 5.54. The normalized spacial score (nSPS) is 10.3. The van der Waals surface area contributed by atoms with E-state index in [4.69, 9.17) is 18.0 Å². The summed E-state index contributed by atoms with van der Waals surface area (Å²) in [6.07, 6.45) is 2.81. The van der Waals surface area contributed by atoms with Gasteiger partial charge in [0.1, 0.15) is 16.5 Å². The molecule has 0 unspecified atom stereocenters. The van der Waals surface area contributed by atoms with Crippen molar-refractivity contribution in [2.24, 2.45) is 5.73 Å². The Kier molecular flexibility index (Phi) is 4.01. The Hall–Kier alpha value is -1.67. The first-order valence-electron chi connectivity index (χ1n) is 5.01. The number of anilines is 2. The predicted molar refractivity (Wildman–Crippen MR) is 75.3 cm³/mol. The van der Waals surface area contributed by atoms with Gasteiger partial charge in [0.15, 0.2) is 11.6 Å². The number of halogens is 3. The average molecular weight is 345 g/mol. The maximum absolute atomic E-state index is 13.7. The summed E-state index contributed by atoms with van der Waals surface area (Å²) in [5, 5.41) is 2.69. The molecule has 0 saturated heterocycles. The summed E-state index contributed by atoms with van der Waals surface area (Å²) < 4.78 is 26.9. The zero-order valence-electron chi connectivity index (χ0n) is 9.32. The van der Waals surface area contributed by atoms with Gasteiger partial charge in [0.2, 0.25) is 0 Å². The minimum absolute atomic E-state index is 0.0224. The molecule has 1 aromatic carbocycles. The molecule has 3 N–H and O–H groups in total. The van der Waals surface area contributed by atoms with Crippen LogP contribution in [0.5, 0.6) is 0 Å². The Bertz CT molecular complexity index is 627. The molecule has 19 heavy (non-hydrogen) atoms. The molecular formula is C11H7BrF2N4S. The fraction of sp³-hybridized carbons (Fsp3) is 0. The molecule has 0 fully saturated rings. The van der Waals surface area contributed by atoms with Crippen LogP contribution in [0, 0.1) is 11.6 Å². The van der Waals surface area contributed by atoms with Gasteiger partial charge in [0.05, 0.1) is 5.69 Å². The molecule has 8 heteroatoms. The Balaban J connectivity index is 2.45. The van der Waals surface area contributed by atoms with Crippen LogP contribution in [0.4, 0.5) is 20.3 Å². The molecule has 0 aliphatic heterocycles. The van der Waals surface area contributed by atoms with Crippen LogP contribution in [0.2, 0.25) is 0 Å². The van der Waals surface area contributed by atoms with Crippen LogP contribution in [0.1, 0.15) is 5.69 Å². The van der Waals surface area contributed by atoms with E-state index in [9.17, 15) is 8.78 Å². The Labute approximate surface area is 121 Å². The molecule has 0 bridgehead atoms. The molecule has 0 atom stereocenters. The summed E-state index contributed by atoms with van der Waals surface area (Å²) in [6.45, 7) is 0. The number of hydrogen-bond acceptors (Lipinski definition) is 4. The van der Waals surface area contributed by atoms with Crippen molar-refractivity contribution < 1.29 is 8.78 Å². The average Bonchev–Trinajstić information content (AvgIpc) is 2.34. The summed E-state index contributed by atoms with van der Waals surface area (Å²) in [5.41, 5.74) is 5.75. The molecule has 0 aliphatic rings. The summed E-state index contributed by atoms with van der Waals surface area (Å²) in [6, 6.07) is 1.88. The van der Waals surface area contributed by atoms with Crippen LogP contribution in [0.15, 0.2) is 29.0 Å². The van der Waals surface area contributed by atoms with Crippen LogP contribution >= 0.6 is 28.1 Å². The van der Waals surface area contributed by atoms with Crippen molar-refractivity contribution in [2.75, 3.05) is 5.32 Å². The minimum Gasteiger partial charge on any atom is -0.388 e. The number of hydrogen-bond donors (Lipinski definition) is 2. The number of nitrogens with zero attached hydrogens (tertiary/aromatic N) is 2. The second-order valence-corrected chi connectivity index (χ2v) is 4.78. The summed E-state index contributed by atoms with van der Waals surface area (Å²) in [7, 11) is 0. The van der Waals surface area contributed by atoms with Crippen molar-refractivity contribution in [1.82, 2.24) is 9.97 Å². The van der Waals surface area contributed by atoms with E-state index >= 15 is 0 Å². The third kappa shape index (κ3) is 3.02. The fourth-order valence-electron chi connectivity index (χ4n) is 1.39. The maximum Gasteiger partial charge on any atom is 0.159 e. The zero-order valence-corrected chi connectivity index (χ0v) is 11.7.